The summed E-state index contributed by atoms with van der Waals surface area (Å²) in [4.78, 5) is 12.8. The highest BCUT2D eigenvalue weighted by Crippen LogP contribution is 2.38. The Labute approximate surface area is 220 Å². The molecule has 6 nitrogen and oxygen atoms in total. The van der Waals surface area contributed by atoms with Gasteiger partial charge in [-0.25, -0.2) is 0 Å². The van der Waals surface area contributed by atoms with Crippen molar-refractivity contribution in [1.82, 2.24) is 0 Å². The maximum atomic E-state index is 12.8. The van der Waals surface area contributed by atoms with Crippen molar-refractivity contribution in [3.63, 3.8) is 0 Å². The van der Waals surface area contributed by atoms with Crippen molar-refractivity contribution in [2.24, 2.45) is 0 Å². The summed E-state index contributed by atoms with van der Waals surface area (Å²) >= 11 is 3.51. The van der Waals surface area contributed by atoms with Gasteiger partial charge < -0.3 is 19.5 Å². The highest BCUT2D eigenvalue weighted by atomic mass is 79.9. The van der Waals surface area contributed by atoms with Crippen LogP contribution < -0.4 is 19.5 Å². The van der Waals surface area contributed by atoms with E-state index in [-0.39, 0.29) is 11.7 Å². The first-order valence-corrected chi connectivity index (χ1v) is 12.4. The van der Waals surface area contributed by atoms with Gasteiger partial charge >= 0.3 is 0 Å². The fourth-order valence-electron chi connectivity index (χ4n) is 3.28. The Hall–Kier alpha value is -3.76. The highest BCUT2D eigenvalue weighted by Gasteiger charge is 2.15. The normalized spacial score (nSPS) is 11.1. The van der Waals surface area contributed by atoms with Crippen LogP contribution in [0.15, 0.2) is 70.7 Å². The lowest BCUT2D eigenvalue weighted by molar-refractivity contribution is -0.112. The third kappa shape index (κ3) is 7.62. The molecule has 0 aliphatic rings. The molecule has 0 bridgehead atoms. The van der Waals surface area contributed by atoms with Gasteiger partial charge in [0.05, 0.1) is 17.2 Å². The molecule has 0 heterocycles. The number of nitriles is 1. The van der Waals surface area contributed by atoms with Crippen LogP contribution in [0.4, 0.5) is 5.69 Å². The molecule has 36 heavy (non-hydrogen) atoms. The van der Waals surface area contributed by atoms with Crippen molar-refractivity contribution in [2.45, 2.75) is 40.4 Å². The van der Waals surface area contributed by atoms with Crippen molar-refractivity contribution in [3.05, 3.63) is 87.4 Å². The molecule has 0 spiro atoms. The van der Waals surface area contributed by atoms with E-state index in [0.29, 0.717) is 46.2 Å². The molecule has 0 atom stereocenters. The first kappa shape index (κ1) is 26.8. The molecule has 3 rings (SSSR count). The minimum absolute atomic E-state index is 0.0401. The number of amides is 1. The van der Waals surface area contributed by atoms with E-state index in [1.165, 1.54) is 11.6 Å². The average Bonchev–Trinajstić information content (AvgIpc) is 2.85. The number of ether oxygens (including phenoxy) is 3. The van der Waals surface area contributed by atoms with Crippen molar-refractivity contribution >= 4 is 33.6 Å². The molecule has 1 amide bonds. The molecule has 3 aromatic rings. The summed E-state index contributed by atoms with van der Waals surface area (Å²) < 4.78 is 18.1. The van der Waals surface area contributed by atoms with E-state index in [9.17, 15) is 10.1 Å². The summed E-state index contributed by atoms with van der Waals surface area (Å²) in [5, 5.41) is 12.4. The molecule has 7 heteroatoms. The van der Waals surface area contributed by atoms with Gasteiger partial charge in [-0.2, -0.15) is 5.26 Å². The van der Waals surface area contributed by atoms with Gasteiger partial charge in [-0.15, -0.1) is 0 Å². The minimum atomic E-state index is -0.512. The number of carbonyl (C=O) groups excluding carboxylic acids is 1. The lowest BCUT2D eigenvalue weighted by atomic mass is 10.1. The number of aryl methyl sites for hydroxylation is 1. The fraction of sp³-hybridized carbons (Fsp3) is 0.241. The monoisotopic (exact) mass is 548 g/mol. The quantitative estimate of drug-likeness (QED) is 0.216. The minimum Gasteiger partial charge on any atom is -0.490 e. The fourth-order valence-corrected chi connectivity index (χ4v) is 3.84. The molecule has 0 unspecified atom stereocenters. The smallest absolute Gasteiger partial charge is 0.266 e. The van der Waals surface area contributed by atoms with Crippen LogP contribution in [0.25, 0.3) is 6.08 Å². The predicted molar refractivity (Wildman–Crippen MR) is 145 cm³/mol. The van der Waals surface area contributed by atoms with E-state index in [1.54, 1.807) is 36.4 Å². The summed E-state index contributed by atoms with van der Waals surface area (Å²) in [5.41, 5.74) is 3.42. The van der Waals surface area contributed by atoms with Crippen LogP contribution in [0, 0.1) is 18.3 Å². The molecule has 3 aromatic carbocycles. The number of rotatable bonds is 10. The average molecular weight is 549 g/mol. The van der Waals surface area contributed by atoms with Crippen LogP contribution in [-0.2, 0) is 11.4 Å². The van der Waals surface area contributed by atoms with Crippen molar-refractivity contribution in [1.29, 1.82) is 5.26 Å². The molecule has 0 saturated heterocycles. The Morgan fingerprint density at radius 2 is 1.78 bits per heavy atom. The Kier molecular flexibility index (Phi) is 9.54. The third-order valence-corrected chi connectivity index (χ3v) is 5.59. The number of nitrogens with one attached hydrogen (secondary N) is 1. The van der Waals surface area contributed by atoms with E-state index >= 15 is 0 Å². The van der Waals surface area contributed by atoms with E-state index in [4.69, 9.17) is 14.2 Å². The highest BCUT2D eigenvalue weighted by molar-refractivity contribution is 9.10. The van der Waals surface area contributed by atoms with Crippen LogP contribution in [0.1, 0.15) is 37.5 Å². The molecule has 0 aliphatic heterocycles. The van der Waals surface area contributed by atoms with Gasteiger partial charge in [-0.05, 0) is 97.2 Å². The Bertz CT molecular complexity index is 1260. The lowest BCUT2D eigenvalue weighted by Crippen LogP contribution is -2.13. The number of halogens is 1. The molecular weight excluding hydrogens is 520 g/mol. The SMILES string of the molecule is CCOc1cc(/C=C(\C#N)C(=O)Nc2ccc(OCc3ccc(C)cc3)cc2)cc(Br)c1OC(C)C. The van der Waals surface area contributed by atoms with E-state index in [0.717, 1.165) is 5.56 Å². The largest absolute Gasteiger partial charge is 0.490 e. The third-order valence-electron chi connectivity index (χ3n) is 5.00. The number of anilines is 1. The zero-order valence-electron chi connectivity index (χ0n) is 20.8. The molecule has 0 saturated carbocycles. The van der Waals surface area contributed by atoms with Gasteiger partial charge in [-0.3, -0.25) is 4.79 Å². The summed E-state index contributed by atoms with van der Waals surface area (Å²) in [6.45, 7) is 8.67. The molecule has 0 fully saturated rings. The summed E-state index contributed by atoms with van der Waals surface area (Å²) in [6, 6.07) is 20.7. The summed E-state index contributed by atoms with van der Waals surface area (Å²) in [5.74, 6) is 1.28. The van der Waals surface area contributed by atoms with Crippen LogP contribution >= 0.6 is 15.9 Å². The van der Waals surface area contributed by atoms with Gasteiger partial charge in [0.1, 0.15) is 24.0 Å². The second kappa shape index (κ2) is 12.8. The number of benzene rings is 3. The Morgan fingerprint density at radius 3 is 2.39 bits per heavy atom. The zero-order chi connectivity index (χ0) is 26.1. The maximum Gasteiger partial charge on any atom is 0.266 e. The first-order chi connectivity index (χ1) is 17.3. The van der Waals surface area contributed by atoms with Crippen LogP contribution in [0.3, 0.4) is 0 Å². The number of nitrogens with zero attached hydrogens (tertiary/aromatic N) is 1. The Balaban J connectivity index is 1.70. The molecule has 1 N–H and O–H groups in total. The van der Waals surface area contributed by atoms with Gasteiger partial charge in [0.15, 0.2) is 11.5 Å². The summed E-state index contributed by atoms with van der Waals surface area (Å²) in [7, 11) is 0. The second-order valence-corrected chi connectivity index (χ2v) is 9.21. The maximum absolute atomic E-state index is 12.8. The molecular formula is C29H29BrN2O4. The molecule has 186 valence electrons. The predicted octanol–water partition coefficient (Wildman–Crippen LogP) is 7.07. The number of carbonyl (C=O) groups is 1. The standard InChI is InChI=1S/C29H29BrN2O4/c1-5-34-27-16-22(15-26(30)28(27)36-19(2)3)14-23(17-31)29(33)32-24-10-12-25(13-11-24)35-18-21-8-6-20(4)7-9-21/h6-16,19H,5,18H2,1-4H3,(H,32,33)/b23-14+. The van der Waals surface area contributed by atoms with Crippen molar-refractivity contribution in [2.75, 3.05) is 11.9 Å². The van der Waals surface area contributed by atoms with Crippen LogP contribution in [-0.4, -0.2) is 18.6 Å². The van der Waals surface area contributed by atoms with Crippen LogP contribution in [0.5, 0.6) is 17.2 Å². The second-order valence-electron chi connectivity index (χ2n) is 8.35. The number of hydrogen-bond donors (Lipinski definition) is 1. The molecule has 0 aliphatic carbocycles. The Morgan fingerprint density at radius 1 is 1.08 bits per heavy atom. The van der Waals surface area contributed by atoms with Gasteiger partial charge in [0.2, 0.25) is 0 Å². The summed E-state index contributed by atoms with van der Waals surface area (Å²) in [6.07, 6.45) is 1.47. The molecule has 0 radical (unpaired) electrons. The zero-order valence-corrected chi connectivity index (χ0v) is 22.4. The van der Waals surface area contributed by atoms with Gasteiger partial charge in [0, 0.05) is 5.69 Å². The van der Waals surface area contributed by atoms with Gasteiger partial charge in [-0.1, -0.05) is 29.8 Å². The van der Waals surface area contributed by atoms with E-state index < -0.39 is 5.91 Å². The van der Waals surface area contributed by atoms with E-state index in [2.05, 4.69) is 21.2 Å². The topological polar surface area (TPSA) is 80.6 Å². The lowest BCUT2D eigenvalue weighted by Gasteiger charge is -2.17. The van der Waals surface area contributed by atoms with Crippen molar-refractivity contribution in [3.8, 4) is 23.3 Å². The molecule has 0 aromatic heterocycles. The van der Waals surface area contributed by atoms with Crippen LogP contribution in [0.2, 0.25) is 0 Å². The first-order valence-electron chi connectivity index (χ1n) is 11.6. The van der Waals surface area contributed by atoms with Gasteiger partial charge in [0.25, 0.3) is 5.91 Å². The van der Waals surface area contributed by atoms with E-state index in [1.807, 2.05) is 58.0 Å². The number of hydrogen-bond acceptors (Lipinski definition) is 5. The van der Waals surface area contributed by atoms with Crippen molar-refractivity contribution < 1.29 is 19.0 Å².